The fourth-order valence-electron chi connectivity index (χ4n) is 5.67. The van der Waals surface area contributed by atoms with Crippen LogP contribution >= 0.6 is 7.82 Å². The summed E-state index contributed by atoms with van der Waals surface area (Å²) in [7, 11) is -3.27. The number of esters is 2. The Balaban J connectivity index is 5.75. The predicted octanol–water partition coefficient (Wildman–Crippen LogP) is 11.7. The highest BCUT2D eigenvalue weighted by Crippen LogP contribution is 2.42. The van der Waals surface area contributed by atoms with E-state index in [1.807, 2.05) is 12.2 Å². The van der Waals surface area contributed by atoms with Gasteiger partial charge in [-0.2, -0.15) is 0 Å². The number of carbonyl (C=O) groups excluding carboxylic acids is 2. The lowest BCUT2D eigenvalue weighted by Gasteiger charge is -2.22. The van der Waals surface area contributed by atoms with Crippen LogP contribution in [0.15, 0.2) is 24.3 Å². The Hall–Kier alpha value is -1.47. The van der Waals surface area contributed by atoms with Crippen molar-refractivity contribution < 1.29 is 37.6 Å². The van der Waals surface area contributed by atoms with Gasteiger partial charge in [0.2, 0.25) is 0 Å². The zero-order chi connectivity index (χ0) is 36.8. The molecule has 0 amide bonds. The first-order valence-corrected chi connectivity index (χ1v) is 21.3. The van der Waals surface area contributed by atoms with E-state index in [0.29, 0.717) is 24.7 Å². The van der Waals surface area contributed by atoms with Gasteiger partial charge in [0.25, 0.3) is 0 Å². The van der Waals surface area contributed by atoms with Gasteiger partial charge in [0.15, 0.2) is 6.10 Å². The molecule has 0 spiro atoms. The fraction of sp³-hybridized carbons (Fsp3) is 0.850. The summed E-state index contributed by atoms with van der Waals surface area (Å²) < 4.78 is 33.4. The Morgan fingerprint density at radius 1 is 0.592 bits per heavy atom. The number of carbonyl (C=O) groups is 2. The predicted molar refractivity (Wildman–Crippen MR) is 202 cm³/mol. The lowest BCUT2D eigenvalue weighted by atomic mass is 9.96. The summed E-state index contributed by atoms with van der Waals surface area (Å²) in [6.45, 7) is 12.3. The molecule has 0 bridgehead atoms. The minimum absolute atomic E-state index is 0.278. The van der Waals surface area contributed by atoms with Crippen LogP contribution < -0.4 is 0 Å². The van der Waals surface area contributed by atoms with Gasteiger partial charge in [0, 0.05) is 7.11 Å². The van der Waals surface area contributed by atoms with Gasteiger partial charge in [-0.05, 0) is 37.5 Å². The Morgan fingerprint density at radius 2 is 1.00 bits per heavy atom. The number of hydrogen-bond acceptors (Lipinski definition) is 7. The number of rotatable bonds is 33. The molecule has 49 heavy (non-hydrogen) atoms. The topological polar surface area (TPSA) is 108 Å². The van der Waals surface area contributed by atoms with Gasteiger partial charge in [-0.3, -0.25) is 18.6 Å². The second kappa shape index (κ2) is 31.3. The van der Waals surface area contributed by atoms with E-state index < -0.39 is 38.3 Å². The maximum atomic E-state index is 13.6. The molecular weight excluding hydrogens is 639 g/mol. The molecule has 0 saturated heterocycles. The summed E-state index contributed by atoms with van der Waals surface area (Å²) in [4.78, 5) is 36.9. The van der Waals surface area contributed by atoms with Gasteiger partial charge in [0.05, 0.1) is 18.4 Å². The highest BCUT2D eigenvalue weighted by molar-refractivity contribution is 7.47. The van der Waals surface area contributed by atoms with Gasteiger partial charge in [-0.25, -0.2) is 4.57 Å². The van der Waals surface area contributed by atoms with Crippen molar-refractivity contribution >= 4 is 19.8 Å². The average Bonchev–Trinajstić information content (AvgIpc) is 3.08. The molecule has 6 unspecified atom stereocenters. The van der Waals surface area contributed by atoms with Crippen LogP contribution in [0.4, 0.5) is 0 Å². The van der Waals surface area contributed by atoms with Crippen molar-refractivity contribution in [2.45, 2.75) is 176 Å². The number of unbranched alkanes of at least 4 members (excludes halogenated alkanes) is 12. The minimum Gasteiger partial charge on any atom is -0.461 e. The van der Waals surface area contributed by atoms with E-state index in [9.17, 15) is 19.0 Å². The molecule has 9 heteroatoms. The van der Waals surface area contributed by atoms with Crippen LogP contribution in [0.3, 0.4) is 0 Å². The fourth-order valence-corrected chi connectivity index (χ4v) is 6.13. The third kappa shape index (κ3) is 26.9. The molecule has 0 radical (unpaired) electrons. The molecule has 288 valence electrons. The SMILES string of the molecule is CCCCCCC(C)/C=C\C(CCCCCC)C(=O)OCC(COP(=O)(O)OC)OC(=O)C(/C=C\C(C)CCCCCC)CCCCCC. The molecule has 8 nitrogen and oxygen atoms in total. The molecule has 0 saturated carbocycles. The van der Waals surface area contributed by atoms with Gasteiger partial charge in [-0.15, -0.1) is 0 Å². The van der Waals surface area contributed by atoms with Crippen molar-refractivity contribution in [3.05, 3.63) is 24.3 Å². The van der Waals surface area contributed by atoms with Crippen LogP contribution in [0.25, 0.3) is 0 Å². The first kappa shape index (κ1) is 47.5. The standard InChI is InChI=1S/C40H75O8P/c1-8-12-16-20-24-34(5)28-30-36(26-22-18-14-10-3)39(41)46-32-38(33-47-49(43,44)45-7)48-40(42)37(27-23-19-15-11-4)31-29-35(6)25-21-17-13-9-2/h28-31,34-38H,8-27,32-33H2,1-7H3,(H,43,44)/b30-28-,31-29-. The quantitative estimate of drug-likeness (QED) is 0.0310. The molecule has 0 fully saturated rings. The van der Waals surface area contributed by atoms with Gasteiger partial charge >= 0.3 is 19.8 Å². The maximum Gasteiger partial charge on any atom is 0.472 e. The van der Waals surface area contributed by atoms with Crippen LogP contribution in [0.2, 0.25) is 0 Å². The number of hydrogen-bond donors (Lipinski definition) is 1. The smallest absolute Gasteiger partial charge is 0.461 e. The van der Waals surface area contributed by atoms with E-state index in [1.165, 1.54) is 44.9 Å². The zero-order valence-corrected chi connectivity index (χ0v) is 33.4. The highest BCUT2D eigenvalue weighted by atomic mass is 31.2. The van der Waals surface area contributed by atoms with Crippen LogP contribution in [0, 0.1) is 23.7 Å². The van der Waals surface area contributed by atoms with Gasteiger partial charge in [-0.1, -0.05) is 169 Å². The normalized spacial score (nSPS) is 16.3. The van der Waals surface area contributed by atoms with Crippen molar-refractivity contribution in [1.82, 2.24) is 0 Å². The maximum absolute atomic E-state index is 13.6. The Kier molecular flexibility index (Phi) is 30.3. The first-order chi connectivity index (χ1) is 23.5. The summed E-state index contributed by atoms with van der Waals surface area (Å²) in [5, 5.41) is 0. The van der Waals surface area contributed by atoms with E-state index in [0.717, 1.165) is 77.7 Å². The second-order valence-electron chi connectivity index (χ2n) is 14.0. The van der Waals surface area contributed by atoms with Gasteiger partial charge in [0.1, 0.15) is 6.61 Å². The highest BCUT2D eigenvalue weighted by Gasteiger charge is 2.28. The van der Waals surface area contributed by atoms with Crippen LogP contribution in [-0.2, 0) is 32.7 Å². The molecule has 0 aromatic rings. The van der Waals surface area contributed by atoms with Crippen LogP contribution in [-0.4, -0.2) is 43.3 Å². The lowest BCUT2D eigenvalue weighted by molar-refractivity contribution is -0.164. The second-order valence-corrected chi connectivity index (χ2v) is 15.5. The van der Waals surface area contributed by atoms with E-state index in [2.05, 4.69) is 58.2 Å². The van der Waals surface area contributed by atoms with Crippen molar-refractivity contribution in [1.29, 1.82) is 0 Å². The molecule has 0 heterocycles. The van der Waals surface area contributed by atoms with Crippen molar-refractivity contribution in [3.63, 3.8) is 0 Å². The largest absolute Gasteiger partial charge is 0.472 e. The molecule has 6 atom stereocenters. The summed E-state index contributed by atoms with van der Waals surface area (Å²) in [6.07, 6.45) is 28.5. The Bertz CT molecular complexity index is 920. The third-order valence-electron chi connectivity index (χ3n) is 9.06. The van der Waals surface area contributed by atoms with E-state index in [4.69, 9.17) is 14.0 Å². The number of phosphoric acid groups is 1. The summed E-state index contributed by atoms with van der Waals surface area (Å²) in [5.74, 6) is -1.02. The summed E-state index contributed by atoms with van der Waals surface area (Å²) in [6, 6.07) is 0. The Morgan fingerprint density at radius 3 is 1.41 bits per heavy atom. The molecule has 0 rings (SSSR count). The monoisotopic (exact) mass is 715 g/mol. The van der Waals surface area contributed by atoms with Crippen LogP contribution in [0.5, 0.6) is 0 Å². The first-order valence-electron chi connectivity index (χ1n) is 19.8. The Labute approximate surface area is 301 Å². The molecule has 0 aliphatic carbocycles. The third-order valence-corrected chi connectivity index (χ3v) is 10.00. The molecule has 0 aliphatic rings. The minimum atomic E-state index is -4.34. The molecule has 0 aromatic heterocycles. The molecule has 0 aliphatic heterocycles. The zero-order valence-electron chi connectivity index (χ0n) is 32.5. The van der Waals surface area contributed by atoms with E-state index >= 15 is 0 Å². The number of ether oxygens (including phenoxy) is 2. The molecule has 1 N–H and O–H groups in total. The van der Waals surface area contributed by atoms with E-state index in [-0.39, 0.29) is 12.6 Å². The van der Waals surface area contributed by atoms with E-state index in [1.54, 1.807) is 0 Å². The van der Waals surface area contributed by atoms with Crippen molar-refractivity contribution in [2.24, 2.45) is 23.7 Å². The number of phosphoric ester groups is 1. The van der Waals surface area contributed by atoms with Crippen molar-refractivity contribution in [3.8, 4) is 0 Å². The van der Waals surface area contributed by atoms with Crippen LogP contribution in [0.1, 0.15) is 170 Å². The lowest BCUT2D eigenvalue weighted by Crippen LogP contribution is -2.33. The molecule has 0 aromatic carbocycles. The molecular formula is C40H75O8P. The number of allylic oxidation sites excluding steroid dienone is 2. The summed E-state index contributed by atoms with van der Waals surface area (Å²) in [5.41, 5.74) is 0. The summed E-state index contributed by atoms with van der Waals surface area (Å²) >= 11 is 0. The average molecular weight is 715 g/mol. The van der Waals surface area contributed by atoms with Crippen molar-refractivity contribution in [2.75, 3.05) is 20.3 Å². The van der Waals surface area contributed by atoms with Gasteiger partial charge < -0.3 is 14.4 Å².